The lowest BCUT2D eigenvalue weighted by atomic mass is 9.71. The molecule has 104 valence electrons. The fourth-order valence-electron chi connectivity index (χ4n) is 2.97. The van der Waals surface area contributed by atoms with Crippen molar-refractivity contribution in [1.29, 1.82) is 0 Å². The number of nitrogens with one attached hydrogen (secondary N) is 1. The van der Waals surface area contributed by atoms with Gasteiger partial charge >= 0.3 is 0 Å². The zero-order valence-corrected chi connectivity index (χ0v) is 12.5. The van der Waals surface area contributed by atoms with E-state index < -0.39 is 0 Å². The van der Waals surface area contributed by atoms with Gasteiger partial charge < -0.3 is 5.32 Å². The smallest absolute Gasteiger partial charge is 0.170 e. The van der Waals surface area contributed by atoms with Crippen LogP contribution in [-0.2, 0) is 0 Å². The molecular formula is C17H25NO. The van der Waals surface area contributed by atoms with Crippen LogP contribution in [-0.4, -0.2) is 18.9 Å². The highest BCUT2D eigenvalue weighted by Crippen LogP contribution is 2.37. The van der Waals surface area contributed by atoms with Gasteiger partial charge in [0.15, 0.2) is 5.78 Å². The maximum atomic E-state index is 12.9. The van der Waals surface area contributed by atoms with Crippen LogP contribution in [0.4, 0.5) is 0 Å². The fraction of sp³-hybridized carbons (Fsp3) is 0.588. The van der Waals surface area contributed by atoms with Gasteiger partial charge in [0.1, 0.15) is 0 Å². The van der Waals surface area contributed by atoms with E-state index >= 15 is 0 Å². The SMILES string of the molecule is CC(C)c1ccc(C(=O)C2(C(C)C)CCNC2)cc1. The number of benzene rings is 1. The molecule has 1 unspecified atom stereocenters. The highest BCUT2D eigenvalue weighted by Gasteiger charge is 2.43. The summed E-state index contributed by atoms with van der Waals surface area (Å²) in [6.45, 7) is 10.4. The van der Waals surface area contributed by atoms with Gasteiger partial charge in [0.2, 0.25) is 0 Å². The quantitative estimate of drug-likeness (QED) is 0.837. The van der Waals surface area contributed by atoms with Gasteiger partial charge in [0, 0.05) is 17.5 Å². The van der Waals surface area contributed by atoms with Gasteiger partial charge in [-0.05, 0) is 30.4 Å². The van der Waals surface area contributed by atoms with Crippen molar-refractivity contribution in [3.8, 4) is 0 Å². The summed E-state index contributed by atoms with van der Waals surface area (Å²) in [5.74, 6) is 1.19. The van der Waals surface area contributed by atoms with Crippen LogP contribution < -0.4 is 5.32 Å². The van der Waals surface area contributed by atoms with Crippen LogP contribution in [0.2, 0.25) is 0 Å². The number of carbonyl (C=O) groups excluding carboxylic acids is 1. The number of Topliss-reactive ketones (excluding diaryl/α,β-unsaturated/α-hetero) is 1. The molecule has 0 bridgehead atoms. The van der Waals surface area contributed by atoms with Crippen molar-refractivity contribution in [3.05, 3.63) is 35.4 Å². The molecule has 1 saturated heterocycles. The molecule has 1 aromatic carbocycles. The Bertz CT molecular complexity index is 439. The van der Waals surface area contributed by atoms with Gasteiger partial charge in [0.05, 0.1) is 0 Å². The molecule has 1 aliphatic rings. The van der Waals surface area contributed by atoms with Gasteiger partial charge in [-0.2, -0.15) is 0 Å². The Hall–Kier alpha value is -1.15. The first-order valence-electron chi connectivity index (χ1n) is 7.33. The van der Waals surface area contributed by atoms with E-state index in [1.807, 2.05) is 12.1 Å². The van der Waals surface area contributed by atoms with E-state index in [-0.39, 0.29) is 5.41 Å². The maximum Gasteiger partial charge on any atom is 0.170 e. The Morgan fingerprint density at radius 1 is 1.16 bits per heavy atom. The summed E-state index contributed by atoms with van der Waals surface area (Å²) in [6, 6.07) is 8.18. The molecule has 1 N–H and O–H groups in total. The lowest BCUT2D eigenvalue weighted by Crippen LogP contribution is -2.38. The molecule has 1 heterocycles. The molecule has 0 aromatic heterocycles. The molecule has 1 fully saturated rings. The van der Waals surface area contributed by atoms with Crippen molar-refractivity contribution in [2.24, 2.45) is 11.3 Å². The molecule has 2 nitrogen and oxygen atoms in total. The summed E-state index contributed by atoms with van der Waals surface area (Å²) >= 11 is 0. The topological polar surface area (TPSA) is 29.1 Å². The summed E-state index contributed by atoms with van der Waals surface area (Å²) in [5.41, 5.74) is 1.95. The number of carbonyl (C=O) groups is 1. The summed E-state index contributed by atoms with van der Waals surface area (Å²) in [7, 11) is 0. The minimum Gasteiger partial charge on any atom is -0.316 e. The molecule has 1 atom stereocenters. The standard InChI is InChI=1S/C17H25NO/c1-12(2)14-5-7-15(8-6-14)16(19)17(13(3)4)9-10-18-11-17/h5-8,12-13,18H,9-11H2,1-4H3. The maximum absolute atomic E-state index is 12.9. The van der Waals surface area contributed by atoms with Crippen LogP contribution in [0.3, 0.4) is 0 Å². The number of hydrogen-bond donors (Lipinski definition) is 1. The molecule has 2 rings (SSSR count). The third-order valence-electron chi connectivity index (χ3n) is 4.59. The summed E-state index contributed by atoms with van der Waals surface area (Å²) < 4.78 is 0. The van der Waals surface area contributed by atoms with Crippen LogP contribution in [0.5, 0.6) is 0 Å². The molecule has 19 heavy (non-hydrogen) atoms. The zero-order chi connectivity index (χ0) is 14.0. The van der Waals surface area contributed by atoms with E-state index in [4.69, 9.17) is 0 Å². The average molecular weight is 259 g/mol. The number of hydrogen-bond acceptors (Lipinski definition) is 2. The zero-order valence-electron chi connectivity index (χ0n) is 12.5. The fourth-order valence-corrected chi connectivity index (χ4v) is 2.97. The van der Waals surface area contributed by atoms with Crippen molar-refractivity contribution in [2.75, 3.05) is 13.1 Å². The van der Waals surface area contributed by atoms with Gasteiger partial charge in [0.25, 0.3) is 0 Å². The van der Waals surface area contributed by atoms with Crippen LogP contribution in [0.1, 0.15) is 56.0 Å². The molecule has 2 heteroatoms. The minimum atomic E-state index is -0.209. The summed E-state index contributed by atoms with van der Waals surface area (Å²) in [5, 5.41) is 3.35. The van der Waals surface area contributed by atoms with Gasteiger partial charge in [-0.1, -0.05) is 52.0 Å². The van der Waals surface area contributed by atoms with Crippen LogP contribution in [0.15, 0.2) is 24.3 Å². The monoisotopic (exact) mass is 259 g/mol. The van der Waals surface area contributed by atoms with Crippen LogP contribution >= 0.6 is 0 Å². The van der Waals surface area contributed by atoms with E-state index in [0.29, 0.717) is 17.6 Å². The average Bonchev–Trinajstić information content (AvgIpc) is 2.88. The molecule has 1 aliphatic heterocycles. The van der Waals surface area contributed by atoms with Crippen molar-refractivity contribution >= 4 is 5.78 Å². The Morgan fingerprint density at radius 3 is 2.21 bits per heavy atom. The Balaban J connectivity index is 2.27. The van der Waals surface area contributed by atoms with Gasteiger partial charge in [-0.3, -0.25) is 4.79 Å². The van der Waals surface area contributed by atoms with Crippen molar-refractivity contribution < 1.29 is 4.79 Å². The van der Waals surface area contributed by atoms with Crippen LogP contribution in [0, 0.1) is 11.3 Å². The van der Waals surface area contributed by atoms with E-state index in [9.17, 15) is 4.79 Å². The highest BCUT2D eigenvalue weighted by atomic mass is 16.1. The van der Waals surface area contributed by atoms with E-state index in [1.165, 1.54) is 5.56 Å². The molecular weight excluding hydrogens is 234 g/mol. The van der Waals surface area contributed by atoms with E-state index in [1.54, 1.807) is 0 Å². The second kappa shape index (κ2) is 5.46. The molecule has 0 saturated carbocycles. The first kappa shape index (κ1) is 14.3. The predicted molar refractivity (Wildman–Crippen MR) is 79.6 cm³/mol. The van der Waals surface area contributed by atoms with Crippen molar-refractivity contribution in [3.63, 3.8) is 0 Å². The first-order chi connectivity index (χ1) is 8.97. The number of ketones is 1. The Kier molecular flexibility index (Phi) is 4.10. The molecule has 0 radical (unpaired) electrons. The third-order valence-corrected chi connectivity index (χ3v) is 4.59. The third kappa shape index (κ3) is 2.59. The van der Waals surface area contributed by atoms with Gasteiger partial charge in [-0.25, -0.2) is 0 Å². The van der Waals surface area contributed by atoms with Gasteiger partial charge in [-0.15, -0.1) is 0 Å². The molecule has 0 aliphatic carbocycles. The first-order valence-corrected chi connectivity index (χ1v) is 7.33. The highest BCUT2D eigenvalue weighted by molar-refractivity contribution is 6.01. The minimum absolute atomic E-state index is 0.209. The lowest BCUT2D eigenvalue weighted by molar-refractivity contribution is 0.0740. The largest absolute Gasteiger partial charge is 0.316 e. The Labute approximate surface area is 116 Å². The Morgan fingerprint density at radius 2 is 1.79 bits per heavy atom. The number of rotatable bonds is 4. The molecule has 0 spiro atoms. The summed E-state index contributed by atoms with van der Waals surface area (Å²) in [4.78, 5) is 12.9. The predicted octanol–water partition coefficient (Wildman–Crippen LogP) is 3.63. The molecule has 1 aromatic rings. The lowest BCUT2D eigenvalue weighted by Gasteiger charge is -2.31. The van der Waals surface area contributed by atoms with Crippen molar-refractivity contribution in [1.82, 2.24) is 5.32 Å². The summed E-state index contributed by atoms with van der Waals surface area (Å²) in [6.07, 6.45) is 0.954. The molecule has 0 amide bonds. The second-order valence-electron chi connectivity index (χ2n) is 6.34. The second-order valence-corrected chi connectivity index (χ2v) is 6.34. The van der Waals surface area contributed by atoms with E-state index in [0.717, 1.165) is 25.1 Å². The van der Waals surface area contributed by atoms with Crippen LogP contribution in [0.25, 0.3) is 0 Å². The van der Waals surface area contributed by atoms with Crippen molar-refractivity contribution in [2.45, 2.75) is 40.0 Å². The van der Waals surface area contributed by atoms with E-state index in [2.05, 4.69) is 45.1 Å². The normalized spacial score (nSPS) is 23.3.